The fraction of sp³-hybridized carbons (Fsp3) is 0.115. The molecule has 1 N–H and O–H groups in total. The Morgan fingerprint density at radius 1 is 0.941 bits per heavy atom. The van der Waals surface area contributed by atoms with Crippen LogP contribution in [0.15, 0.2) is 91.2 Å². The average Bonchev–Trinajstić information content (AvgIpc) is 3.38. The molecule has 1 aromatic carbocycles. The van der Waals surface area contributed by atoms with E-state index in [4.69, 9.17) is 0 Å². The molecule has 8 heteroatoms. The van der Waals surface area contributed by atoms with E-state index in [0.717, 1.165) is 11.3 Å². The van der Waals surface area contributed by atoms with Crippen LogP contribution in [0, 0.1) is 6.92 Å². The molecule has 0 bridgehead atoms. The van der Waals surface area contributed by atoms with Crippen molar-refractivity contribution >= 4 is 17.4 Å². The van der Waals surface area contributed by atoms with E-state index in [1.807, 2.05) is 36.4 Å². The predicted molar refractivity (Wildman–Crippen MR) is 125 cm³/mol. The molecule has 4 aromatic rings. The minimum Gasteiger partial charge on any atom is -0.507 e. The summed E-state index contributed by atoms with van der Waals surface area (Å²) < 4.78 is 1.68. The fourth-order valence-electron chi connectivity index (χ4n) is 4.23. The van der Waals surface area contributed by atoms with Gasteiger partial charge in [0.05, 0.1) is 34.8 Å². The predicted octanol–water partition coefficient (Wildman–Crippen LogP) is 3.59. The van der Waals surface area contributed by atoms with E-state index in [-0.39, 0.29) is 17.9 Å². The normalized spacial score (nSPS) is 17.3. The van der Waals surface area contributed by atoms with E-state index in [1.54, 1.807) is 54.6 Å². The number of amides is 1. The van der Waals surface area contributed by atoms with Gasteiger partial charge in [-0.2, -0.15) is 5.10 Å². The first-order valence-corrected chi connectivity index (χ1v) is 10.7. The lowest BCUT2D eigenvalue weighted by atomic mass is 9.96. The molecule has 3 aromatic heterocycles. The molecule has 168 valence electrons. The van der Waals surface area contributed by atoms with Crippen molar-refractivity contribution in [3.8, 4) is 5.69 Å². The molecule has 1 fully saturated rings. The molecule has 0 saturated carbocycles. The summed E-state index contributed by atoms with van der Waals surface area (Å²) in [7, 11) is 0. The van der Waals surface area contributed by atoms with Gasteiger partial charge in [-0.3, -0.25) is 19.6 Å². The van der Waals surface area contributed by atoms with Crippen LogP contribution in [0.4, 0.5) is 0 Å². The fourth-order valence-corrected chi connectivity index (χ4v) is 4.23. The van der Waals surface area contributed by atoms with Crippen molar-refractivity contribution in [1.82, 2.24) is 24.6 Å². The van der Waals surface area contributed by atoms with Gasteiger partial charge in [-0.05, 0) is 42.3 Å². The summed E-state index contributed by atoms with van der Waals surface area (Å²) in [6.07, 6.45) is 8.01. The van der Waals surface area contributed by atoms with Crippen LogP contribution in [0.2, 0.25) is 0 Å². The first kappa shape index (κ1) is 21.3. The first-order chi connectivity index (χ1) is 16.6. The number of likely N-dealkylation sites (tertiary alicyclic amines) is 1. The average molecular weight is 451 g/mol. The van der Waals surface area contributed by atoms with Crippen LogP contribution < -0.4 is 0 Å². The molecule has 1 unspecified atom stereocenters. The quantitative estimate of drug-likeness (QED) is 0.283. The number of pyridine rings is 2. The largest absolute Gasteiger partial charge is 0.507 e. The van der Waals surface area contributed by atoms with Gasteiger partial charge in [-0.15, -0.1) is 0 Å². The zero-order valence-corrected chi connectivity index (χ0v) is 18.4. The second kappa shape index (κ2) is 8.74. The molecular formula is C26H21N5O3. The van der Waals surface area contributed by atoms with Crippen molar-refractivity contribution in [2.75, 3.05) is 0 Å². The molecule has 1 amide bonds. The molecule has 0 spiro atoms. The van der Waals surface area contributed by atoms with Crippen LogP contribution in [-0.2, 0) is 16.1 Å². The number of benzene rings is 1. The third-order valence-electron chi connectivity index (χ3n) is 5.88. The number of carbonyl (C=O) groups excluding carboxylic acids is 2. The lowest BCUT2D eigenvalue weighted by molar-refractivity contribution is -0.140. The Morgan fingerprint density at radius 2 is 1.68 bits per heavy atom. The highest BCUT2D eigenvalue weighted by molar-refractivity contribution is 6.46. The minimum absolute atomic E-state index is 0.0117. The summed E-state index contributed by atoms with van der Waals surface area (Å²) >= 11 is 0. The zero-order valence-electron chi connectivity index (χ0n) is 18.4. The number of para-hydroxylation sites is 1. The Bertz CT molecular complexity index is 1380. The number of aromatic nitrogens is 4. The highest BCUT2D eigenvalue weighted by Gasteiger charge is 2.46. The molecule has 0 aliphatic carbocycles. The third kappa shape index (κ3) is 3.65. The summed E-state index contributed by atoms with van der Waals surface area (Å²) in [4.78, 5) is 36.1. The van der Waals surface area contributed by atoms with Gasteiger partial charge < -0.3 is 10.0 Å². The second-order valence-corrected chi connectivity index (χ2v) is 7.97. The van der Waals surface area contributed by atoms with Gasteiger partial charge in [0.2, 0.25) is 0 Å². The topological polar surface area (TPSA) is 101 Å². The molecule has 4 heterocycles. The molecular weight excluding hydrogens is 430 g/mol. The molecule has 1 aliphatic rings. The van der Waals surface area contributed by atoms with Gasteiger partial charge in [0, 0.05) is 31.3 Å². The molecule has 34 heavy (non-hydrogen) atoms. The van der Waals surface area contributed by atoms with Crippen molar-refractivity contribution in [3.05, 3.63) is 114 Å². The molecule has 1 atom stereocenters. The number of aliphatic hydroxyl groups is 1. The van der Waals surface area contributed by atoms with Crippen molar-refractivity contribution in [2.45, 2.75) is 19.5 Å². The maximum absolute atomic E-state index is 13.2. The number of aliphatic hydroxyl groups excluding tert-OH is 1. The van der Waals surface area contributed by atoms with Crippen LogP contribution >= 0.6 is 0 Å². The summed E-state index contributed by atoms with van der Waals surface area (Å²) in [5.41, 5.74) is 3.26. The second-order valence-electron chi connectivity index (χ2n) is 7.97. The Balaban J connectivity index is 1.64. The number of carbonyl (C=O) groups is 2. The number of hydrogen-bond acceptors (Lipinski definition) is 6. The molecule has 8 nitrogen and oxygen atoms in total. The summed E-state index contributed by atoms with van der Waals surface area (Å²) in [5.74, 6) is -1.70. The number of nitrogens with zero attached hydrogens (tertiary/aromatic N) is 5. The van der Waals surface area contributed by atoms with Crippen molar-refractivity contribution < 1.29 is 14.7 Å². The Hall–Kier alpha value is -4.59. The maximum Gasteiger partial charge on any atom is 0.295 e. The lowest BCUT2D eigenvalue weighted by Crippen LogP contribution is -2.29. The SMILES string of the molecule is Cc1c(C(O)=C2C(=O)C(=O)N(Cc3cccnc3)C2c2cccnc2)cnn1-c1ccccc1. The van der Waals surface area contributed by atoms with Crippen LogP contribution in [0.3, 0.4) is 0 Å². The molecule has 1 saturated heterocycles. The van der Waals surface area contributed by atoms with E-state index in [9.17, 15) is 14.7 Å². The van der Waals surface area contributed by atoms with Crippen LogP contribution in [0.1, 0.15) is 28.4 Å². The van der Waals surface area contributed by atoms with Gasteiger partial charge in [-0.1, -0.05) is 30.3 Å². The first-order valence-electron chi connectivity index (χ1n) is 10.7. The molecule has 5 rings (SSSR count). The number of ketones is 1. The standard InChI is InChI=1S/C26H21N5O3/c1-17-21(15-29-31(17)20-9-3-2-4-10-20)24(32)22-23(19-8-6-12-28-14-19)30(26(34)25(22)33)16-18-7-5-11-27-13-18/h2-15,23,32H,16H2,1H3. The van der Waals surface area contributed by atoms with E-state index >= 15 is 0 Å². The van der Waals surface area contributed by atoms with Gasteiger partial charge >= 0.3 is 0 Å². The number of rotatable bonds is 5. The van der Waals surface area contributed by atoms with Crippen molar-refractivity contribution in [1.29, 1.82) is 0 Å². The van der Waals surface area contributed by atoms with E-state index in [0.29, 0.717) is 16.8 Å². The van der Waals surface area contributed by atoms with Gasteiger partial charge in [0.25, 0.3) is 11.7 Å². The van der Waals surface area contributed by atoms with E-state index < -0.39 is 17.7 Å². The van der Waals surface area contributed by atoms with Gasteiger partial charge in [0.15, 0.2) is 0 Å². The maximum atomic E-state index is 13.2. The van der Waals surface area contributed by atoms with E-state index in [1.165, 1.54) is 11.1 Å². The summed E-state index contributed by atoms with van der Waals surface area (Å²) in [6, 6.07) is 15.8. The molecule has 0 radical (unpaired) electrons. The summed E-state index contributed by atoms with van der Waals surface area (Å²) in [5, 5.41) is 15.8. The lowest BCUT2D eigenvalue weighted by Gasteiger charge is -2.25. The third-order valence-corrected chi connectivity index (χ3v) is 5.88. The van der Waals surface area contributed by atoms with Crippen LogP contribution in [-0.4, -0.2) is 41.4 Å². The Kier molecular flexibility index (Phi) is 5.47. The Morgan fingerprint density at radius 3 is 2.35 bits per heavy atom. The van der Waals surface area contributed by atoms with Gasteiger partial charge in [0.1, 0.15) is 5.76 Å². The van der Waals surface area contributed by atoms with Gasteiger partial charge in [-0.25, -0.2) is 4.68 Å². The highest BCUT2D eigenvalue weighted by Crippen LogP contribution is 2.40. The monoisotopic (exact) mass is 451 g/mol. The smallest absolute Gasteiger partial charge is 0.295 e. The zero-order chi connectivity index (χ0) is 23.7. The highest BCUT2D eigenvalue weighted by atomic mass is 16.3. The summed E-state index contributed by atoms with van der Waals surface area (Å²) in [6.45, 7) is 1.97. The van der Waals surface area contributed by atoms with Crippen LogP contribution in [0.25, 0.3) is 11.4 Å². The van der Waals surface area contributed by atoms with E-state index in [2.05, 4.69) is 15.1 Å². The number of Topliss-reactive ketones (excluding diaryl/α,β-unsaturated/α-hetero) is 1. The van der Waals surface area contributed by atoms with Crippen molar-refractivity contribution in [3.63, 3.8) is 0 Å². The van der Waals surface area contributed by atoms with Crippen LogP contribution in [0.5, 0.6) is 0 Å². The van der Waals surface area contributed by atoms with Crippen molar-refractivity contribution in [2.24, 2.45) is 0 Å². The molecule has 1 aliphatic heterocycles. The Labute approximate surface area is 195 Å². The number of hydrogen-bond donors (Lipinski definition) is 1. The minimum atomic E-state index is -0.798.